The van der Waals surface area contributed by atoms with E-state index in [4.69, 9.17) is 10.9 Å². The highest BCUT2D eigenvalue weighted by molar-refractivity contribution is 7.90. The van der Waals surface area contributed by atoms with Crippen LogP contribution in [-0.2, 0) is 14.8 Å². The second-order valence-corrected chi connectivity index (χ2v) is 10.8. The van der Waals surface area contributed by atoms with Gasteiger partial charge in [-0.2, -0.15) is 5.10 Å². The predicted molar refractivity (Wildman–Crippen MR) is 130 cm³/mol. The third-order valence-corrected chi connectivity index (χ3v) is 8.43. The van der Waals surface area contributed by atoms with Gasteiger partial charge in [0.15, 0.2) is 11.6 Å². The lowest BCUT2D eigenvalue weighted by molar-refractivity contribution is 0.496. The molecule has 192 valence electrons. The Morgan fingerprint density at radius 3 is 2.14 bits per heavy atom. The predicted octanol–water partition coefficient (Wildman–Crippen LogP) is 4.80. The zero-order valence-electron chi connectivity index (χ0n) is 19.3. The fraction of sp³-hybridized carbons (Fsp3) is 0.200. The second kappa shape index (κ2) is 8.96. The van der Waals surface area contributed by atoms with Crippen molar-refractivity contribution in [2.45, 2.75) is 30.4 Å². The summed E-state index contributed by atoms with van der Waals surface area (Å²) in [5.41, 5.74) is 4.50. The van der Waals surface area contributed by atoms with E-state index in [1.165, 1.54) is 24.5 Å². The summed E-state index contributed by atoms with van der Waals surface area (Å²) in [5.74, 6) is -3.95. The SMILES string of the molecule is Nc1cc(F)c(-n2cc(-c3cc(F)cc(C4(S(N)(=O)=O)CCCC4)c3F)c(-c3ccncc3)n2)c(F)c1. The molecule has 2 aromatic carbocycles. The highest BCUT2D eigenvalue weighted by Gasteiger charge is 2.48. The average molecular weight is 532 g/mol. The first kappa shape index (κ1) is 24.9. The Balaban J connectivity index is 1.80. The van der Waals surface area contributed by atoms with Crippen LogP contribution in [0.3, 0.4) is 0 Å². The fourth-order valence-electron chi connectivity index (χ4n) is 4.98. The van der Waals surface area contributed by atoms with Crippen LogP contribution >= 0.6 is 0 Å². The van der Waals surface area contributed by atoms with Gasteiger partial charge < -0.3 is 5.73 Å². The summed E-state index contributed by atoms with van der Waals surface area (Å²) in [4.78, 5) is 3.93. The first-order valence-corrected chi connectivity index (χ1v) is 12.8. The Hall–Kier alpha value is -3.77. The van der Waals surface area contributed by atoms with Gasteiger partial charge in [0.2, 0.25) is 10.0 Å². The summed E-state index contributed by atoms with van der Waals surface area (Å²) in [6.07, 6.45) is 5.02. The van der Waals surface area contributed by atoms with Crippen LogP contribution in [0.15, 0.2) is 55.0 Å². The highest BCUT2D eigenvalue weighted by atomic mass is 32.2. The molecule has 0 radical (unpaired) electrons. The monoisotopic (exact) mass is 531 g/mol. The van der Waals surface area contributed by atoms with E-state index in [9.17, 15) is 21.6 Å². The molecule has 0 amide bonds. The molecular formula is C25H21F4N5O2S. The number of sulfonamides is 1. The van der Waals surface area contributed by atoms with Crippen LogP contribution in [0.4, 0.5) is 23.2 Å². The van der Waals surface area contributed by atoms with Crippen molar-refractivity contribution in [1.82, 2.24) is 14.8 Å². The molecule has 7 nitrogen and oxygen atoms in total. The number of hydrogen-bond donors (Lipinski definition) is 2. The van der Waals surface area contributed by atoms with Crippen molar-refractivity contribution in [2.75, 3.05) is 5.73 Å². The molecule has 5 rings (SSSR count). The van der Waals surface area contributed by atoms with Crippen LogP contribution in [0.25, 0.3) is 28.1 Å². The Bertz CT molecular complexity index is 1590. The quantitative estimate of drug-likeness (QED) is 0.284. The molecule has 1 aliphatic carbocycles. The Labute approximate surface area is 209 Å². The molecule has 12 heteroatoms. The minimum absolute atomic E-state index is 0.0253. The van der Waals surface area contributed by atoms with Crippen LogP contribution in [0, 0.1) is 23.3 Å². The van der Waals surface area contributed by atoms with Gasteiger partial charge >= 0.3 is 0 Å². The van der Waals surface area contributed by atoms with Gasteiger partial charge in [-0.15, -0.1) is 0 Å². The third kappa shape index (κ3) is 4.15. The van der Waals surface area contributed by atoms with Gasteiger partial charge in [-0.05, 0) is 49.2 Å². The lowest BCUT2D eigenvalue weighted by Gasteiger charge is -2.28. The fourth-order valence-corrected chi connectivity index (χ4v) is 6.30. The molecule has 1 fully saturated rings. The number of hydrogen-bond acceptors (Lipinski definition) is 5. The summed E-state index contributed by atoms with van der Waals surface area (Å²) in [6, 6.07) is 6.60. The van der Waals surface area contributed by atoms with Gasteiger partial charge in [-0.3, -0.25) is 4.98 Å². The lowest BCUT2D eigenvalue weighted by Crippen LogP contribution is -2.39. The number of aromatic nitrogens is 3. The average Bonchev–Trinajstić information content (AvgIpc) is 3.49. The van der Waals surface area contributed by atoms with E-state index < -0.39 is 43.7 Å². The maximum Gasteiger partial charge on any atom is 0.219 e. The lowest BCUT2D eigenvalue weighted by atomic mass is 9.91. The molecule has 0 aliphatic heterocycles. The number of nitrogen functional groups attached to an aromatic ring is 1. The molecule has 37 heavy (non-hydrogen) atoms. The van der Waals surface area contributed by atoms with E-state index in [1.54, 1.807) is 0 Å². The topological polar surface area (TPSA) is 117 Å². The summed E-state index contributed by atoms with van der Waals surface area (Å²) in [5, 5.41) is 9.81. The zero-order valence-corrected chi connectivity index (χ0v) is 20.1. The van der Waals surface area contributed by atoms with Gasteiger partial charge in [-0.25, -0.2) is 35.8 Å². The summed E-state index contributed by atoms with van der Waals surface area (Å²) >= 11 is 0. The van der Waals surface area contributed by atoms with Crippen molar-refractivity contribution in [3.05, 3.63) is 83.8 Å². The maximum atomic E-state index is 16.2. The summed E-state index contributed by atoms with van der Waals surface area (Å²) in [7, 11) is -4.32. The number of pyridine rings is 1. The molecule has 0 unspecified atom stereocenters. The van der Waals surface area contributed by atoms with E-state index in [0.29, 0.717) is 18.4 Å². The molecule has 4 N–H and O–H groups in total. The van der Waals surface area contributed by atoms with Gasteiger partial charge in [0.25, 0.3) is 0 Å². The molecule has 0 saturated heterocycles. The number of rotatable bonds is 5. The number of anilines is 1. The van der Waals surface area contributed by atoms with E-state index in [1.807, 2.05) is 0 Å². The minimum Gasteiger partial charge on any atom is -0.399 e. The number of nitrogens with zero attached hydrogens (tertiary/aromatic N) is 3. The highest BCUT2D eigenvalue weighted by Crippen LogP contribution is 2.47. The Morgan fingerprint density at radius 2 is 1.54 bits per heavy atom. The molecule has 1 aliphatic rings. The molecule has 2 heterocycles. The molecule has 0 atom stereocenters. The van der Waals surface area contributed by atoms with Gasteiger partial charge in [0.05, 0.1) is 0 Å². The third-order valence-electron chi connectivity index (χ3n) is 6.71. The maximum absolute atomic E-state index is 16.2. The first-order valence-electron chi connectivity index (χ1n) is 11.3. The molecule has 1 saturated carbocycles. The van der Waals surface area contributed by atoms with Crippen molar-refractivity contribution >= 4 is 15.7 Å². The van der Waals surface area contributed by atoms with Crippen LogP contribution in [0.1, 0.15) is 31.2 Å². The number of primary sulfonamides is 1. The van der Waals surface area contributed by atoms with E-state index in [0.717, 1.165) is 35.1 Å². The summed E-state index contributed by atoms with van der Waals surface area (Å²) < 4.78 is 84.9. The van der Waals surface area contributed by atoms with Gasteiger partial charge in [0.1, 0.15) is 27.8 Å². The van der Waals surface area contributed by atoms with Crippen LogP contribution in [-0.4, -0.2) is 23.2 Å². The first-order chi connectivity index (χ1) is 17.5. The van der Waals surface area contributed by atoms with Crippen molar-refractivity contribution in [3.8, 4) is 28.1 Å². The van der Waals surface area contributed by atoms with Gasteiger partial charge in [0, 0.05) is 46.5 Å². The smallest absolute Gasteiger partial charge is 0.219 e. The number of nitrogens with two attached hydrogens (primary N) is 2. The molecule has 0 bridgehead atoms. The van der Waals surface area contributed by atoms with Crippen molar-refractivity contribution in [1.29, 1.82) is 0 Å². The van der Waals surface area contributed by atoms with E-state index in [-0.39, 0.29) is 40.9 Å². The largest absolute Gasteiger partial charge is 0.399 e. The summed E-state index contributed by atoms with van der Waals surface area (Å²) in [6.45, 7) is 0. The number of benzene rings is 2. The molecule has 0 spiro atoms. The number of halogens is 4. The minimum atomic E-state index is -4.32. The van der Waals surface area contributed by atoms with E-state index >= 15 is 4.39 Å². The molecule has 4 aromatic rings. The van der Waals surface area contributed by atoms with Crippen molar-refractivity contribution < 1.29 is 26.0 Å². The normalized spacial score (nSPS) is 15.3. The van der Waals surface area contributed by atoms with Crippen molar-refractivity contribution in [3.63, 3.8) is 0 Å². The Kier molecular flexibility index (Phi) is 6.03. The standard InChI is InChI=1S/C25H21F4N5O2S/c26-15-9-17(22(29)19(10-15)25(37(31,35)36)5-1-2-6-25)18-13-34(24-20(27)11-16(30)12-21(24)28)33-23(18)14-3-7-32-8-4-14/h3-4,7-13H,1-2,5-6,30H2,(H2,31,35,36). The molecule has 2 aromatic heterocycles. The van der Waals surface area contributed by atoms with Crippen LogP contribution in [0.5, 0.6) is 0 Å². The zero-order chi connectivity index (χ0) is 26.5. The van der Waals surface area contributed by atoms with Crippen LogP contribution in [0.2, 0.25) is 0 Å². The second-order valence-electron chi connectivity index (χ2n) is 8.97. The van der Waals surface area contributed by atoms with Crippen LogP contribution < -0.4 is 10.9 Å². The van der Waals surface area contributed by atoms with Crippen molar-refractivity contribution in [2.24, 2.45) is 5.14 Å². The molecular weight excluding hydrogens is 510 g/mol. The Morgan fingerprint density at radius 1 is 0.919 bits per heavy atom. The van der Waals surface area contributed by atoms with Gasteiger partial charge in [-0.1, -0.05) is 12.8 Å². The van der Waals surface area contributed by atoms with E-state index in [2.05, 4.69) is 10.1 Å².